The lowest BCUT2D eigenvalue weighted by Gasteiger charge is -2.45. The predicted molar refractivity (Wildman–Crippen MR) is 114 cm³/mol. The third-order valence-electron chi connectivity index (χ3n) is 4.85. The molecule has 5 nitrogen and oxygen atoms in total. The van der Waals surface area contributed by atoms with Crippen molar-refractivity contribution >= 4 is 35.6 Å². The number of nitrogens with two attached hydrogens (primary N) is 1. The Morgan fingerprint density at radius 2 is 1.92 bits per heavy atom. The number of aliphatic imine (C=N–C) groups is 1. The highest BCUT2D eigenvalue weighted by Crippen LogP contribution is 2.39. The molecule has 2 aromatic carbocycles. The van der Waals surface area contributed by atoms with Gasteiger partial charge < -0.3 is 20.5 Å². The zero-order valence-corrected chi connectivity index (χ0v) is 16.8. The molecule has 2 aliphatic rings. The van der Waals surface area contributed by atoms with Crippen LogP contribution in [0.15, 0.2) is 59.6 Å². The first-order valence-electron chi connectivity index (χ1n) is 8.83. The van der Waals surface area contributed by atoms with Crippen LogP contribution in [0.25, 0.3) is 0 Å². The number of hydrogen-bond donors (Lipinski definition) is 2. The van der Waals surface area contributed by atoms with Gasteiger partial charge in [0.05, 0.1) is 12.1 Å². The lowest BCUT2D eigenvalue weighted by atomic mass is 9.73. The molecule has 1 aliphatic carbocycles. The molecule has 0 aromatic heterocycles. The second-order valence-electron chi connectivity index (χ2n) is 6.60. The van der Waals surface area contributed by atoms with E-state index >= 15 is 0 Å². The monoisotopic (exact) mass is 465 g/mol. The van der Waals surface area contributed by atoms with Gasteiger partial charge in [-0.3, -0.25) is 0 Å². The van der Waals surface area contributed by atoms with E-state index in [1.807, 2.05) is 54.6 Å². The summed E-state index contributed by atoms with van der Waals surface area (Å²) in [6, 6.07) is 17.7. The molecular weight excluding hydrogens is 441 g/mol. The van der Waals surface area contributed by atoms with Crippen LogP contribution in [0.1, 0.15) is 19.3 Å². The van der Waals surface area contributed by atoms with E-state index in [4.69, 9.17) is 15.2 Å². The second-order valence-corrected chi connectivity index (χ2v) is 6.60. The van der Waals surface area contributed by atoms with E-state index in [-0.39, 0.29) is 30.0 Å². The summed E-state index contributed by atoms with van der Waals surface area (Å²) in [5.74, 6) is 2.54. The van der Waals surface area contributed by atoms with Crippen molar-refractivity contribution in [2.45, 2.75) is 31.4 Å². The van der Waals surface area contributed by atoms with Gasteiger partial charge in [-0.2, -0.15) is 0 Å². The summed E-state index contributed by atoms with van der Waals surface area (Å²) in [6.07, 6.45) is 3.67. The van der Waals surface area contributed by atoms with Crippen LogP contribution in [-0.2, 0) is 4.74 Å². The van der Waals surface area contributed by atoms with Gasteiger partial charge in [-0.25, -0.2) is 4.99 Å². The highest BCUT2D eigenvalue weighted by molar-refractivity contribution is 14.0. The molecule has 1 aliphatic heterocycles. The normalized spacial score (nSPS) is 24.6. The fourth-order valence-corrected chi connectivity index (χ4v) is 3.53. The number of halogens is 1. The van der Waals surface area contributed by atoms with Crippen LogP contribution in [0.3, 0.4) is 0 Å². The third kappa shape index (κ3) is 4.48. The molecule has 4 rings (SSSR count). The molecule has 1 saturated heterocycles. The van der Waals surface area contributed by atoms with Gasteiger partial charge in [0.25, 0.3) is 0 Å². The smallest absolute Gasteiger partial charge is 0.193 e. The fourth-order valence-electron chi connectivity index (χ4n) is 3.53. The van der Waals surface area contributed by atoms with Crippen molar-refractivity contribution in [1.29, 1.82) is 0 Å². The first-order chi connectivity index (χ1) is 12.3. The van der Waals surface area contributed by atoms with Crippen molar-refractivity contribution in [3.8, 4) is 11.5 Å². The van der Waals surface area contributed by atoms with Gasteiger partial charge in [-0.05, 0) is 43.5 Å². The number of nitrogens with zero attached hydrogens (tertiary/aromatic N) is 1. The molecule has 1 heterocycles. The Labute approximate surface area is 171 Å². The molecule has 3 unspecified atom stereocenters. The summed E-state index contributed by atoms with van der Waals surface area (Å²) < 4.78 is 11.6. The number of rotatable bonds is 4. The van der Waals surface area contributed by atoms with Gasteiger partial charge in [0.1, 0.15) is 11.5 Å². The lowest BCUT2D eigenvalue weighted by molar-refractivity contribution is -0.0937. The molecule has 3 atom stereocenters. The molecule has 2 aromatic rings. The van der Waals surface area contributed by atoms with Crippen molar-refractivity contribution in [1.82, 2.24) is 0 Å². The number of anilines is 1. The Morgan fingerprint density at radius 1 is 1.12 bits per heavy atom. The Hall–Kier alpha value is -1.80. The number of para-hydroxylation sites is 1. The molecule has 26 heavy (non-hydrogen) atoms. The van der Waals surface area contributed by atoms with E-state index in [2.05, 4.69) is 10.3 Å². The Balaban J connectivity index is 0.00000196. The highest BCUT2D eigenvalue weighted by atomic mass is 127. The van der Waals surface area contributed by atoms with E-state index in [0.29, 0.717) is 18.0 Å². The van der Waals surface area contributed by atoms with Gasteiger partial charge in [0, 0.05) is 24.3 Å². The Morgan fingerprint density at radius 3 is 2.73 bits per heavy atom. The van der Waals surface area contributed by atoms with Crippen LogP contribution in [0.5, 0.6) is 11.5 Å². The number of ether oxygens (including phenoxy) is 2. The summed E-state index contributed by atoms with van der Waals surface area (Å²) in [5.41, 5.74) is 6.96. The third-order valence-corrected chi connectivity index (χ3v) is 4.85. The predicted octanol–water partition coefficient (Wildman–Crippen LogP) is 4.39. The topological polar surface area (TPSA) is 68.9 Å². The summed E-state index contributed by atoms with van der Waals surface area (Å²) >= 11 is 0. The molecule has 0 radical (unpaired) electrons. The van der Waals surface area contributed by atoms with E-state index in [0.717, 1.165) is 36.6 Å². The number of fused-ring (bicyclic) bond motifs is 1. The summed E-state index contributed by atoms with van der Waals surface area (Å²) in [5, 5.41) is 3.17. The second kappa shape index (κ2) is 8.73. The van der Waals surface area contributed by atoms with Crippen molar-refractivity contribution in [3.05, 3.63) is 54.6 Å². The largest absolute Gasteiger partial charge is 0.457 e. The van der Waals surface area contributed by atoms with Crippen LogP contribution < -0.4 is 15.8 Å². The lowest BCUT2D eigenvalue weighted by Crippen LogP contribution is -2.49. The van der Waals surface area contributed by atoms with Crippen LogP contribution >= 0.6 is 24.0 Å². The average Bonchev–Trinajstić information content (AvgIpc) is 2.61. The minimum Gasteiger partial charge on any atom is -0.457 e. The molecule has 0 bridgehead atoms. The summed E-state index contributed by atoms with van der Waals surface area (Å²) in [4.78, 5) is 4.64. The maximum Gasteiger partial charge on any atom is 0.193 e. The quantitative estimate of drug-likeness (QED) is 0.399. The Kier molecular flexibility index (Phi) is 6.37. The number of nitrogens with one attached hydrogen (secondary N) is 1. The minimum absolute atomic E-state index is 0. The highest BCUT2D eigenvalue weighted by Gasteiger charge is 2.43. The van der Waals surface area contributed by atoms with Gasteiger partial charge >= 0.3 is 0 Å². The molecule has 2 fully saturated rings. The summed E-state index contributed by atoms with van der Waals surface area (Å²) in [6.45, 7) is 0.888. The van der Waals surface area contributed by atoms with Gasteiger partial charge in [0.15, 0.2) is 5.96 Å². The fraction of sp³-hybridized carbons (Fsp3) is 0.350. The summed E-state index contributed by atoms with van der Waals surface area (Å²) in [7, 11) is 0. The first kappa shape index (κ1) is 19.0. The van der Waals surface area contributed by atoms with E-state index in [1.165, 1.54) is 6.42 Å². The van der Waals surface area contributed by atoms with Crippen molar-refractivity contribution in [2.24, 2.45) is 16.6 Å². The molecular formula is C20H24IN3O2. The standard InChI is InChI=1S/C20H23N3O2.HI/c21-20(23-18-13-19-17(18)10-5-11-24-19)22-14-6-4-9-16(12-14)25-15-7-2-1-3-8-15;/h1-4,6-9,12,17-19H,5,10-11,13H2,(H3,21,22,23);1H. The van der Waals surface area contributed by atoms with E-state index in [1.54, 1.807) is 0 Å². The van der Waals surface area contributed by atoms with Gasteiger partial charge in [0.2, 0.25) is 0 Å². The number of benzene rings is 2. The maximum absolute atomic E-state index is 6.10. The van der Waals surface area contributed by atoms with Gasteiger partial charge in [-0.15, -0.1) is 24.0 Å². The Bertz CT molecular complexity index is 754. The molecule has 138 valence electrons. The molecule has 6 heteroatoms. The number of hydrogen-bond acceptors (Lipinski definition) is 3. The first-order valence-corrected chi connectivity index (χ1v) is 8.83. The van der Waals surface area contributed by atoms with Crippen molar-refractivity contribution in [2.75, 3.05) is 11.9 Å². The minimum atomic E-state index is 0. The average molecular weight is 465 g/mol. The number of guanidine groups is 1. The zero-order chi connectivity index (χ0) is 17.1. The zero-order valence-electron chi connectivity index (χ0n) is 14.5. The van der Waals surface area contributed by atoms with Gasteiger partial charge in [-0.1, -0.05) is 24.3 Å². The molecule has 0 spiro atoms. The van der Waals surface area contributed by atoms with E-state index < -0.39 is 0 Å². The van der Waals surface area contributed by atoms with E-state index in [9.17, 15) is 0 Å². The molecule has 1 saturated carbocycles. The molecule has 0 amide bonds. The van der Waals surface area contributed by atoms with Crippen LogP contribution in [0.4, 0.5) is 5.69 Å². The van der Waals surface area contributed by atoms with Crippen LogP contribution in [-0.4, -0.2) is 24.7 Å². The van der Waals surface area contributed by atoms with Crippen molar-refractivity contribution < 1.29 is 9.47 Å². The van der Waals surface area contributed by atoms with Crippen LogP contribution in [0, 0.1) is 5.92 Å². The maximum atomic E-state index is 6.10. The SMILES string of the molecule is I.NC(=NC1CC2OCCCC12)Nc1cccc(Oc2ccccc2)c1. The molecule has 3 N–H and O–H groups in total. The van der Waals surface area contributed by atoms with Crippen molar-refractivity contribution in [3.63, 3.8) is 0 Å². The van der Waals surface area contributed by atoms with Crippen LogP contribution in [0.2, 0.25) is 0 Å².